The molecule has 1 heterocycles. The summed E-state index contributed by atoms with van der Waals surface area (Å²) in [4.78, 5) is 1.94. The Morgan fingerprint density at radius 2 is 2.36 bits per heavy atom. The van der Waals surface area contributed by atoms with Gasteiger partial charge in [0, 0.05) is 13.6 Å². The van der Waals surface area contributed by atoms with E-state index in [0.717, 1.165) is 11.4 Å². The maximum absolute atomic E-state index is 8.67. The van der Waals surface area contributed by atoms with Crippen molar-refractivity contribution in [3.05, 3.63) is 17.8 Å². The van der Waals surface area contributed by atoms with Crippen LogP contribution in [0.25, 0.3) is 0 Å². The van der Waals surface area contributed by atoms with Gasteiger partial charge < -0.3 is 4.90 Å². The average Bonchev–Trinajstić information content (AvgIpc) is 2.17. The third-order valence-corrected chi connectivity index (χ3v) is 1.94. The molecule has 0 bridgehead atoms. The maximum Gasteiger partial charge on any atom is 0.151 e. The van der Waals surface area contributed by atoms with Crippen LogP contribution < -0.4 is 4.90 Å². The van der Waals surface area contributed by atoms with Gasteiger partial charge in [0.1, 0.15) is 0 Å². The van der Waals surface area contributed by atoms with Crippen LogP contribution in [-0.2, 0) is 0 Å². The minimum absolute atomic E-state index is 0.00214. The van der Waals surface area contributed by atoms with Gasteiger partial charge in [0.2, 0.25) is 0 Å². The van der Waals surface area contributed by atoms with Crippen molar-refractivity contribution in [3.63, 3.8) is 0 Å². The third-order valence-electron chi connectivity index (χ3n) is 1.94. The number of anilines is 1. The highest BCUT2D eigenvalue weighted by molar-refractivity contribution is 5.38. The predicted molar refractivity (Wildman–Crippen MR) is 54.8 cm³/mol. The van der Waals surface area contributed by atoms with Crippen molar-refractivity contribution in [2.24, 2.45) is 5.92 Å². The average molecular weight is 190 g/mol. The van der Waals surface area contributed by atoms with Crippen LogP contribution in [0.15, 0.2) is 12.3 Å². The number of hydrogen-bond acceptors (Lipinski definition) is 4. The first-order valence-electron chi connectivity index (χ1n) is 4.53. The summed E-state index contributed by atoms with van der Waals surface area (Å²) in [6, 6.07) is 4.15. The second-order valence-corrected chi connectivity index (χ2v) is 3.50. The highest BCUT2D eigenvalue weighted by Crippen LogP contribution is 2.10. The van der Waals surface area contributed by atoms with Gasteiger partial charge >= 0.3 is 0 Å². The minimum atomic E-state index is 0.00214. The van der Waals surface area contributed by atoms with Crippen LogP contribution in [0.3, 0.4) is 0 Å². The van der Waals surface area contributed by atoms with Gasteiger partial charge in [0.15, 0.2) is 5.82 Å². The van der Waals surface area contributed by atoms with Gasteiger partial charge in [-0.3, -0.25) is 0 Å². The summed E-state index contributed by atoms with van der Waals surface area (Å²) in [5.41, 5.74) is 1.08. The Morgan fingerprint density at radius 1 is 1.64 bits per heavy atom. The Kier molecular flexibility index (Phi) is 3.41. The molecular formula is C10H14N4. The summed E-state index contributed by atoms with van der Waals surface area (Å²) in [6.07, 6.45) is 1.71. The molecule has 0 fully saturated rings. The van der Waals surface area contributed by atoms with E-state index in [9.17, 15) is 0 Å². The quantitative estimate of drug-likeness (QED) is 0.722. The molecule has 0 aliphatic rings. The van der Waals surface area contributed by atoms with Crippen LogP contribution in [0, 0.1) is 24.2 Å². The fourth-order valence-corrected chi connectivity index (χ4v) is 1.18. The van der Waals surface area contributed by atoms with Crippen molar-refractivity contribution < 1.29 is 0 Å². The minimum Gasteiger partial charge on any atom is -0.357 e. The van der Waals surface area contributed by atoms with Gasteiger partial charge in [-0.15, -0.1) is 5.10 Å². The zero-order valence-corrected chi connectivity index (χ0v) is 8.73. The van der Waals surface area contributed by atoms with Gasteiger partial charge in [-0.2, -0.15) is 10.4 Å². The second kappa shape index (κ2) is 4.56. The Hall–Kier alpha value is -1.63. The van der Waals surface area contributed by atoms with Crippen molar-refractivity contribution >= 4 is 5.82 Å². The van der Waals surface area contributed by atoms with E-state index in [-0.39, 0.29) is 5.92 Å². The van der Waals surface area contributed by atoms with Crippen molar-refractivity contribution in [1.29, 1.82) is 5.26 Å². The number of aryl methyl sites for hydroxylation is 1. The number of hydrogen-bond donors (Lipinski definition) is 0. The fraction of sp³-hybridized carbons (Fsp3) is 0.500. The van der Waals surface area contributed by atoms with Crippen molar-refractivity contribution in [1.82, 2.24) is 10.2 Å². The molecule has 1 aromatic rings. The van der Waals surface area contributed by atoms with E-state index in [1.807, 2.05) is 31.9 Å². The van der Waals surface area contributed by atoms with E-state index >= 15 is 0 Å². The lowest BCUT2D eigenvalue weighted by molar-refractivity contribution is 0.705. The van der Waals surface area contributed by atoms with Gasteiger partial charge in [-0.1, -0.05) is 0 Å². The van der Waals surface area contributed by atoms with Crippen molar-refractivity contribution in [2.75, 3.05) is 18.5 Å². The molecule has 4 nitrogen and oxygen atoms in total. The van der Waals surface area contributed by atoms with Gasteiger partial charge in [-0.05, 0) is 25.5 Å². The van der Waals surface area contributed by atoms with E-state index in [1.54, 1.807) is 6.20 Å². The molecule has 1 atom stereocenters. The van der Waals surface area contributed by atoms with E-state index < -0.39 is 0 Å². The standard InChI is InChI=1S/C10H14N4/c1-8-4-10(13-12-6-8)14(3)7-9(2)5-11/h4,6,9H,7H2,1-3H3. The molecule has 0 aliphatic carbocycles. The first kappa shape index (κ1) is 10.5. The number of nitriles is 1. The molecule has 74 valence electrons. The number of aromatic nitrogens is 2. The summed E-state index contributed by atoms with van der Waals surface area (Å²) in [7, 11) is 1.91. The summed E-state index contributed by atoms with van der Waals surface area (Å²) in [5.74, 6) is 0.814. The topological polar surface area (TPSA) is 52.8 Å². The Bertz CT molecular complexity index is 342. The molecule has 4 heteroatoms. The molecule has 14 heavy (non-hydrogen) atoms. The van der Waals surface area contributed by atoms with E-state index in [4.69, 9.17) is 5.26 Å². The van der Waals surface area contributed by atoms with Crippen molar-refractivity contribution in [2.45, 2.75) is 13.8 Å². The monoisotopic (exact) mass is 190 g/mol. The Labute approximate surface area is 84.2 Å². The molecule has 0 saturated heterocycles. The van der Waals surface area contributed by atoms with E-state index in [0.29, 0.717) is 6.54 Å². The molecule has 0 N–H and O–H groups in total. The lowest BCUT2D eigenvalue weighted by Crippen LogP contribution is -2.24. The lowest BCUT2D eigenvalue weighted by atomic mass is 10.2. The molecule has 0 saturated carbocycles. The summed E-state index contributed by atoms with van der Waals surface area (Å²) in [5, 5.41) is 16.5. The lowest BCUT2D eigenvalue weighted by Gasteiger charge is -2.18. The largest absolute Gasteiger partial charge is 0.357 e. The molecule has 1 aromatic heterocycles. The molecule has 0 radical (unpaired) electrons. The van der Waals surface area contributed by atoms with Gasteiger partial charge in [-0.25, -0.2) is 0 Å². The maximum atomic E-state index is 8.67. The zero-order chi connectivity index (χ0) is 10.6. The fourth-order valence-electron chi connectivity index (χ4n) is 1.18. The van der Waals surface area contributed by atoms with Crippen LogP contribution in [0.4, 0.5) is 5.82 Å². The van der Waals surface area contributed by atoms with Crippen molar-refractivity contribution in [3.8, 4) is 6.07 Å². The molecule has 1 unspecified atom stereocenters. The summed E-state index contributed by atoms with van der Waals surface area (Å²) in [6.45, 7) is 4.54. The Morgan fingerprint density at radius 3 is 2.93 bits per heavy atom. The normalized spacial score (nSPS) is 11.9. The molecule has 0 spiro atoms. The predicted octanol–water partition coefficient (Wildman–Crippen LogP) is 1.38. The van der Waals surface area contributed by atoms with Crippen LogP contribution in [-0.4, -0.2) is 23.8 Å². The molecule has 0 aliphatic heterocycles. The van der Waals surface area contributed by atoms with Crippen LogP contribution in [0.2, 0.25) is 0 Å². The van der Waals surface area contributed by atoms with Crippen LogP contribution in [0.1, 0.15) is 12.5 Å². The highest BCUT2D eigenvalue weighted by atomic mass is 15.2. The second-order valence-electron chi connectivity index (χ2n) is 3.50. The highest BCUT2D eigenvalue weighted by Gasteiger charge is 2.07. The number of rotatable bonds is 3. The smallest absolute Gasteiger partial charge is 0.151 e. The first-order chi connectivity index (χ1) is 6.63. The summed E-state index contributed by atoms with van der Waals surface area (Å²) >= 11 is 0. The Balaban J connectivity index is 2.70. The zero-order valence-electron chi connectivity index (χ0n) is 8.73. The van der Waals surface area contributed by atoms with Crippen LogP contribution >= 0.6 is 0 Å². The third kappa shape index (κ3) is 2.70. The molecular weight excluding hydrogens is 176 g/mol. The van der Waals surface area contributed by atoms with E-state index in [2.05, 4.69) is 16.3 Å². The SMILES string of the molecule is Cc1cnnc(N(C)CC(C)C#N)c1. The van der Waals surface area contributed by atoms with Gasteiger partial charge in [0.05, 0.1) is 18.2 Å². The number of nitrogens with zero attached hydrogens (tertiary/aromatic N) is 4. The first-order valence-corrected chi connectivity index (χ1v) is 4.53. The van der Waals surface area contributed by atoms with E-state index in [1.165, 1.54) is 0 Å². The summed E-state index contributed by atoms with van der Waals surface area (Å²) < 4.78 is 0. The molecule has 1 rings (SSSR count). The molecule has 0 aromatic carbocycles. The molecule has 0 amide bonds. The van der Waals surface area contributed by atoms with Crippen LogP contribution in [0.5, 0.6) is 0 Å². The van der Waals surface area contributed by atoms with Gasteiger partial charge in [0.25, 0.3) is 0 Å².